The van der Waals surface area contributed by atoms with Gasteiger partial charge in [-0.3, -0.25) is 0 Å². The molecule has 0 aromatic carbocycles. The van der Waals surface area contributed by atoms with Crippen LogP contribution in [-0.2, 0) is 4.74 Å². The van der Waals surface area contributed by atoms with E-state index in [2.05, 4.69) is 0 Å². The van der Waals surface area contributed by atoms with Gasteiger partial charge in [-0.25, -0.2) is 0 Å². The number of hydrogen-bond donors (Lipinski definition) is 4. The van der Waals surface area contributed by atoms with Crippen LogP contribution in [0.25, 0.3) is 0 Å². The molecule has 1 aromatic heterocycles. The van der Waals surface area contributed by atoms with Crippen molar-refractivity contribution in [3.63, 3.8) is 0 Å². The van der Waals surface area contributed by atoms with E-state index in [1.165, 1.54) is 0 Å². The molecule has 0 radical (unpaired) electrons. The van der Waals surface area contributed by atoms with Gasteiger partial charge < -0.3 is 30.4 Å². The lowest BCUT2D eigenvalue weighted by Crippen LogP contribution is -2.33. The summed E-state index contributed by atoms with van der Waals surface area (Å²) in [5.41, 5.74) is 6.07. The van der Waals surface area contributed by atoms with Gasteiger partial charge in [-0.15, -0.1) is 0 Å². The SMILES string of the molecule is NC(=S)c1cccn1[C@@H]1O[C@H](CO)[C@@H](O)[C@H]1O. The highest BCUT2D eigenvalue weighted by Gasteiger charge is 2.43. The van der Waals surface area contributed by atoms with Gasteiger partial charge in [0.15, 0.2) is 6.23 Å². The first kappa shape index (κ1) is 12.5. The first-order valence-electron chi connectivity index (χ1n) is 5.15. The standard InChI is InChI=1S/C10H14N2O4S/c11-9(17)5-2-1-3-12(5)10-8(15)7(14)6(4-13)16-10/h1-3,6-8,10,13-15H,4H2,(H2,11,17)/t6-,7-,8-,10-/m1/s1. The van der Waals surface area contributed by atoms with Crippen molar-refractivity contribution >= 4 is 17.2 Å². The summed E-state index contributed by atoms with van der Waals surface area (Å²) in [5, 5.41) is 28.5. The number of hydrogen-bond acceptors (Lipinski definition) is 5. The van der Waals surface area contributed by atoms with E-state index < -0.39 is 24.5 Å². The quantitative estimate of drug-likeness (QED) is 0.505. The lowest BCUT2D eigenvalue weighted by Gasteiger charge is -2.19. The highest BCUT2D eigenvalue weighted by atomic mass is 32.1. The summed E-state index contributed by atoms with van der Waals surface area (Å²) in [6.07, 6.45) is -2.22. The molecule has 1 aromatic rings. The minimum absolute atomic E-state index is 0.174. The zero-order valence-electron chi connectivity index (χ0n) is 8.93. The molecule has 1 saturated heterocycles. The van der Waals surface area contributed by atoms with Crippen LogP contribution >= 0.6 is 12.2 Å². The van der Waals surface area contributed by atoms with Crippen molar-refractivity contribution < 1.29 is 20.1 Å². The van der Waals surface area contributed by atoms with Gasteiger partial charge in [-0.1, -0.05) is 12.2 Å². The Morgan fingerprint density at radius 2 is 2.18 bits per heavy atom. The third-order valence-corrected chi connectivity index (χ3v) is 3.03. The number of nitrogens with two attached hydrogens (primary N) is 1. The van der Waals surface area contributed by atoms with Crippen LogP contribution in [0.2, 0.25) is 0 Å². The van der Waals surface area contributed by atoms with Crippen molar-refractivity contribution in [3.8, 4) is 0 Å². The van der Waals surface area contributed by atoms with E-state index in [1.54, 1.807) is 22.9 Å². The number of rotatable bonds is 3. The summed E-state index contributed by atoms with van der Waals surface area (Å²) in [7, 11) is 0. The van der Waals surface area contributed by atoms with Gasteiger partial charge >= 0.3 is 0 Å². The molecule has 0 saturated carbocycles. The van der Waals surface area contributed by atoms with Crippen LogP contribution in [0.5, 0.6) is 0 Å². The van der Waals surface area contributed by atoms with E-state index in [0.717, 1.165) is 0 Å². The Morgan fingerprint density at radius 1 is 1.47 bits per heavy atom. The molecule has 5 N–H and O–H groups in total. The van der Waals surface area contributed by atoms with Gasteiger partial charge in [-0.05, 0) is 12.1 Å². The fourth-order valence-electron chi connectivity index (χ4n) is 1.93. The number of aliphatic hydroxyl groups is 3. The van der Waals surface area contributed by atoms with Crippen molar-refractivity contribution in [2.24, 2.45) is 5.73 Å². The second-order valence-corrected chi connectivity index (χ2v) is 4.33. The molecule has 0 unspecified atom stereocenters. The van der Waals surface area contributed by atoms with Crippen LogP contribution in [0.3, 0.4) is 0 Å². The Balaban J connectivity index is 2.29. The minimum atomic E-state index is -1.13. The molecule has 0 spiro atoms. The fourth-order valence-corrected chi connectivity index (χ4v) is 2.11. The minimum Gasteiger partial charge on any atom is -0.394 e. The average molecular weight is 258 g/mol. The Hall–Kier alpha value is -0.990. The van der Waals surface area contributed by atoms with E-state index in [1.807, 2.05) is 0 Å². The molecule has 94 valence electrons. The molecule has 0 aliphatic carbocycles. The van der Waals surface area contributed by atoms with Crippen molar-refractivity contribution in [3.05, 3.63) is 24.0 Å². The van der Waals surface area contributed by atoms with Crippen LogP contribution in [0.4, 0.5) is 0 Å². The van der Waals surface area contributed by atoms with Crippen molar-refractivity contribution in [1.29, 1.82) is 0 Å². The fraction of sp³-hybridized carbons (Fsp3) is 0.500. The predicted molar refractivity (Wildman–Crippen MR) is 63.3 cm³/mol. The maximum atomic E-state index is 9.85. The van der Waals surface area contributed by atoms with E-state index >= 15 is 0 Å². The smallest absolute Gasteiger partial charge is 0.163 e. The molecule has 4 atom stereocenters. The predicted octanol–water partition coefficient (Wildman–Crippen LogP) is -1.27. The van der Waals surface area contributed by atoms with Gasteiger partial charge in [0.1, 0.15) is 23.3 Å². The largest absolute Gasteiger partial charge is 0.394 e. The van der Waals surface area contributed by atoms with Gasteiger partial charge in [0.2, 0.25) is 0 Å². The van der Waals surface area contributed by atoms with Crippen LogP contribution in [0.15, 0.2) is 18.3 Å². The molecule has 2 heterocycles. The second-order valence-electron chi connectivity index (χ2n) is 3.89. The zero-order valence-corrected chi connectivity index (χ0v) is 9.75. The molecule has 7 heteroatoms. The number of thiocarbonyl (C=S) groups is 1. The second kappa shape index (κ2) is 4.71. The summed E-state index contributed by atoms with van der Waals surface area (Å²) < 4.78 is 6.92. The average Bonchev–Trinajstić information content (AvgIpc) is 2.86. The first-order valence-corrected chi connectivity index (χ1v) is 5.56. The number of ether oxygens (including phenoxy) is 1. The van der Waals surface area contributed by atoms with Gasteiger partial charge in [0.05, 0.1) is 12.3 Å². The van der Waals surface area contributed by atoms with Gasteiger partial charge in [0, 0.05) is 6.20 Å². The molecule has 17 heavy (non-hydrogen) atoms. The Morgan fingerprint density at radius 3 is 2.71 bits per heavy atom. The summed E-state index contributed by atoms with van der Waals surface area (Å²) in [6, 6.07) is 3.40. The number of aliphatic hydroxyl groups excluding tert-OH is 3. The Kier molecular flexibility index (Phi) is 3.45. The zero-order chi connectivity index (χ0) is 12.6. The van der Waals surface area contributed by atoms with E-state index in [-0.39, 0.29) is 11.6 Å². The molecule has 1 fully saturated rings. The summed E-state index contributed by atoms with van der Waals surface area (Å²) in [6.45, 7) is -0.363. The number of aromatic nitrogens is 1. The van der Waals surface area contributed by atoms with Crippen LogP contribution in [0, 0.1) is 0 Å². The molecule has 6 nitrogen and oxygen atoms in total. The molecule has 1 aliphatic rings. The third-order valence-electron chi connectivity index (χ3n) is 2.82. The lowest BCUT2D eigenvalue weighted by molar-refractivity contribution is -0.0527. The molecule has 2 rings (SSSR count). The third kappa shape index (κ3) is 2.07. The maximum Gasteiger partial charge on any atom is 0.163 e. The lowest BCUT2D eigenvalue weighted by atomic mass is 10.1. The van der Waals surface area contributed by atoms with Gasteiger partial charge in [-0.2, -0.15) is 0 Å². The van der Waals surface area contributed by atoms with Crippen molar-refractivity contribution in [2.45, 2.75) is 24.5 Å². The van der Waals surface area contributed by atoms with Crippen molar-refractivity contribution in [2.75, 3.05) is 6.61 Å². The summed E-state index contributed by atoms with van der Waals surface area (Å²) in [4.78, 5) is 0.174. The normalized spacial score (nSPS) is 32.9. The van der Waals surface area contributed by atoms with Crippen molar-refractivity contribution in [1.82, 2.24) is 4.57 Å². The molecule has 0 amide bonds. The number of nitrogens with zero attached hydrogens (tertiary/aromatic N) is 1. The van der Waals surface area contributed by atoms with E-state index in [0.29, 0.717) is 5.69 Å². The first-order chi connectivity index (χ1) is 8.06. The Labute approximate surface area is 103 Å². The molecular formula is C10H14N2O4S. The molecular weight excluding hydrogens is 244 g/mol. The molecule has 0 bridgehead atoms. The highest BCUT2D eigenvalue weighted by Crippen LogP contribution is 2.30. The van der Waals surface area contributed by atoms with Crippen LogP contribution < -0.4 is 5.73 Å². The highest BCUT2D eigenvalue weighted by molar-refractivity contribution is 7.80. The topological polar surface area (TPSA) is 101 Å². The summed E-state index contributed by atoms with van der Waals surface area (Å²) in [5.74, 6) is 0. The van der Waals surface area contributed by atoms with Crippen LogP contribution in [-0.4, -0.2) is 49.8 Å². The monoisotopic (exact) mass is 258 g/mol. The molecule has 1 aliphatic heterocycles. The maximum absolute atomic E-state index is 9.85. The van der Waals surface area contributed by atoms with Gasteiger partial charge in [0.25, 0.3) is 0 Å². The van der Waals surface area contributed by atoms with E-state index in [4.69, 9.17) is 27.8 Å². The van der Waals surface area contributed by atoms with Crippen LogP contribution in [0.1, 0.15) is 11.9 Å². The van der Waals surface area contributed by atoms with E-state index in [9.17, 15) is 10.2 Å². The summed E-state index contributed by atoms with van der Waals surface area (Å²) >= 11 is 4.87. The Bertz CT molecular complexity index is 422.